The number of benzene rings is 2. The van der Waals surface area contributed by atoms with Crippen molar-refractivity contribution in [3.8, 4) is 0 Å². The molecule has 218 valence electrons. The van der Waals surface area contributed by atoms with Crippen LogP contribution in [0.25, 0.3) is 0 Å². The van der Waals surface area contributed by atoms with E-state index in [1.165, 1.54) is 0 Å². The third kappa shape index (κ3) is 10.8. The summed E-state index contributed by atoms with van der Waals surface area (Å²) in [5, 5.41) is 30.2. The van der Waals surface area contributed by atoms with E-state index in [9.17, 15) is 29.4 Å². The van der Waals surface area contributed by atoms with E-state index in [1.807, 2.05) is 68.4 Å². The smallest absolute Gasteiger partial charge is 0.320 e. The van der Waals surface area contributed by atoms with E-state index in [0.717, 1.165) is 16.7 Å². The lowest BCUT2D eigenvalue weighted by atomic mass is 10.0. The summed E-state index contributed by atoms with van der Waals surface area (Å²) in [4.78, 5) is 47.6. The highest BCUT2D eigenvalue weighted by atomic mass is 16.4. The number of amides is 1. The Bertz CT molecular complexity index is 1120. The predicted molar refractivity (Wildman–Crippen MR) is 151 cm³/mol. The molecule has 0 aromatic heterocycles. The molecule has 0 bridgehead atoms. The number of fused-ring (bicyclic) bond motifs is 1. The molecule has 6 N–H and O–H groups in total. The summed E-state index contributed by atoms with van der Waals surface area (Å²) < 4.78 is 0. The number of carbonyl (C=O) groups excluding carboxylic acids is 1. The monoisotopic (exact) mass is 555 g/mol. The molecule has 0 radical (unpaired) electrons. The first-order valence-electron chi connectivity index (χ1n) is 13.6. The molecule has 1 aliphatic rings. The number of hydrogen-bond acceptors (Lipinski definition) is 6. The van der Waals surface area contributed by atoms with Crippen LogP contribution < -0.4 is 11.1 Å². The second kappa shape index (κ2) is 16.4. The van der Waals surface area contributed by atoms with Gasteiger partial charge in [-0.2, -0.15) is 0 Å². The molecule has 2 aromatic carbocycles. The normalized spacial score (nSPS) is 14.6. The van der Waals surface area contributed by atoms with Gasteiger partial charge >= 0.3 is 17.9 Å². The van der Waals surface area contributed by atoms with E-state index in [-0.39, 0.29) is 5.91 Å². The first-order valence-corrected chi connectivity index (χ1v) is 13.6. The molecule has 3 rings (SSSR count). The zero-order valence-electron chi connectivity index (χ0n) is 23.2. The van der Waals surface area contributed by atoms with Gasteiger partial charge in [-0.1, -0.05) is 62.4 Å². The van der Waals surface area contributed by atoms with Gasteiger partial charge in [0, 0.05) is 18.7 Å². The highest BCUT2D eigenvalue weighted by Crippen LogP contribution is 2.22. The lowest BCUT2D eigenvalue weighted by Gasteiger charge is -2.21. The minimum atomic E-state index is -1.06. The largest absolute Gasteiger partial charge is 0.480 e. The fourth-order valence-corrected chi connectivity index (χ4v) is 4.51. The van der Waals surface area contributed by atoms with Crippen molar-refractivity contribution in [2.45, 2.75) is 77.0 Å². The average Bonchev–Trinajstić information content (AvgIpc) is 3.23. The number of carboxylic acid groups (broad SMARTS) is 3. The molecule has 1 unspecified atom stereocenters. The van der Waals surface area contributed by atoms with Crippen LogP contribution in [0.5, 0.6) is 0 Å². The molecule has 1 heterocycles. The summed E-state index contributed by atoms with van der Waals surface area (Å²) in [5.41, 5.74) is 7.98. The molecular formula is C30H41N3O7. The Morgan fingerprint density at radius 3 is 2.02 bits per heavy atom. The fraction of sp³-hybridized carbons (Fsp3) is 0.467. The lowest BCUT2D eigenvalue weighted by molar-refractivity contribution is -0.143. The van der Waals surface area contributed by atoms with Crippen LogP contribution in [0.4, 0.5) is 0 Å². The predicted octanol–water partition coefficient (Wildman–Crippen LogP) is 3.39. The summed E-state index contributed by atoms with van der Waals surface area (Å²) >= 11 is 0. The summed E-state index contributed by atoms with van der Waals surface area (Å²) in [7, 11) is 0. The maximum atomic E-state index is 12.4. The number of aryl methyl sites for hydroxylation is 1. The molecule has 0 fully saturated rings. The van der Waals surface area contributed by atoms with Crippen molar-refractivity contribution in [3.63, 3.8) is 0 Å². The topological polar surface area (TPSA) is 170 Å². The van der Waals surface area contributed by atoms with E-state index in [0.29, 0.717) is 57.5 Å². The van der Waals surface area contributed by atoms with E-state index in [2.05, 4.69) is 5.32 Å². The van der Waals surface area contributed by atoms with Gasteiger partial charge in [-0.25, -0.2) is 0 Å². The Kier molecular flexibility index (Phi) is 13.3. The molecule has 0 saturated carbocycles. The van der Waals surface area contributed by atoms with Gasteiger partial charge < -0.3 is 26.0 Å². The van der Waals surface area contributed by atoms with Crippen LogP contribution in [0.3, 0.4) is 0 Å². The van der Waals surface area contributed by atoms with Crippen molar-refractivity contribution in [2.24, 2.45) is 11.7 Å². The van der Waals surface area contributed by atoms with Crippen LogP contribution in [-0.4, -0.2) is 68.7 Å². The van der Waals surface area contributed by atoms with Gasteiger partial charge in [-0.05, 0) is 61.6 Å². The van der Waals surface area contributed by atoms with Crippen molar-refractivity contribution in [3.05, 3.63) is 71.3 Å². The summed E-state index contributed by atoms with van der Waals surface area (Å²) in [6.45, 7) is 5.03. The molecule has 2 aromatic rings. The number of hydrogen-bond donors (Lipinski definition) is 5. The van der Waals surface area contributed by atoms with Gasteiger partial charge in [0.05, 0.1) is 0 Å². The van der Waals surface area contributed by atoms with E-state index < -0.39 is 36.0 Å². The molecule has 40 heavy (non-hydrogen) atoms. The van der Waals surface area contributed by atoms with Crippen molar-refractivity contribution in [1.29, 1.82) is 0 Å². The molecule has 0 aliphatic carbocycles. The van der Waals surface area contributed by atoms with Crippen LogP contribution in [0, 0.1) is 5.92 Å². The third-order valence-electron chi connectivity index (χ3n) is 6.67. The summed E-state index contributed by atoms with van der Waals surface area (Å²) in [6.07, 6.45) is 2.95. The average molecular weight is 556 g/mol. The standard InChI is InChI=1S/C24H28N2O5.C6H13NO2/c27-22-19-11-5-4-10-18(19)16-26(22)15-7-6-12-20(23(28)29)25-21(24(30)31)14-13-17-8-2-1-3-9-17;1-4(2)3-5(7)6(8)9/h1-5,8-11,20-21,25H,6-7,12-16H2,(H,28,29)(H,30,31);4-5H,3,7H2,1-2H3,(H,8,9)/t20-,21+;/m1./s1. The van der Waals surface area contributed by atoms with Crippen LogP contribution >= 0.6 is 0 Å². The number of aliphatic carboxylic acids is 3. The Balaban J connectivity index is 0.000000536. The summed E-state index contributed by atoms with van der Waals surface area (Å²) in [6, 6.07) is 14.5. The molecule has 1 amide bonds. The summed E-state index contributed by atoms with van der Waals surface area (Å²) in [5.74, 6) is -2.66. The van der Waals surface area contributed by atoms with Gasteiger partial charge in [0.2, 0.25) is 0 Å². The van der Waals surface area contributed by atoms with Crippen LogP contribution in [0.15, 0.2) is 54.6 Å². The maximum absolute atomic E-state index is 12.4. The van der Waals surface area contributed by atoms with Gasteiger partial charge in [0.25, 0.3) is 5.91 Å². The molecule has 0 spiro atoms. The zero-order chi connectivity index (χ0) is 29.7. The number of nitrogens with one attached hydrogen (secondary N) is 1. The fourth-order valence-electron chi connectivity index (χ4n) is 4.51. The quantitative estimate of drug-likeness (QED) is 0.207. The molecule has 10 nitrogen and oxygen atoms in total. The van der Waals surface area contributed by atoms with Gasteiger partial charge in [-0.3, -0.25) is 24.5 Å². The van der Waals surface area contributed by atoms with Crippen molar-refractivity contribution in [1.82, 2.24) is 10.2 Å². The van der Waals surface area contributed by atoms with Crippen LogP contribution in [0.2, 0.25) is 0 Å². The van der Waals surface area contributed by atoms with E-state index in [1.54, 1.807) is 4.90 Å². The molecule has 0 saturated heterocycles. The first kappa shape index (κ1) is 32.5. The van der Waals surface area contributed by atoms with Gasteiger partial charge in [0.1, 0.15) is 18.1 Å². The number of rotatable bonds is 15. The molecule has 3 atom stereocenters. The van der Waals surface area contributed by atoms with Gasteiger partial charge in [0.15, 0.2) is 0 Å². The second-order valence-corrected chi connectivity index (χ2v) is 10.4. The molecular weight excluding hydrogens is 514 g/mol. The van der Waals surface area contributed by atoms with Gasteiger partial charge in [-0.15, -0.1) is 0 Å². The zero-order valence-corrected chi connectivity index (χ0v) is 23.2. The number of nitrogens with two attached hydrogens (primary N) is 1. The Hall–Kier alpha value is -3.76. The molecule has 1 aliphatic heterocycles. The Morgan fingerprint density at radius 2 is 1.48 bits per heavy atom. The van der Waals surface area contributed by atoms with E-state index in [4.69, 9.17) is 10.8 Å². The first-order chi connectivity index (χ1) is 19.0. The number of carboxylic acids is 3. The minimum absolute atomic E-state index is 0.00960. The SMILES string of the molecule is CC(C)CC(N)C(=O)O.O=C(O)[C@H](CCc1ccccc1)N[C@H](CCCCN1Cc2ccccc2C1=O)C(=O)O. The lowest BCUT2D eigenvalue weighted by Crippen LogP contribution is -2.47. The third-order valence-corrected chi connectivity index (χ3v) is 6.67. The van der Waals surface area contributed by atoms with E-state index >= 15 is 0 Å². The minimum Gasteiger partial charge on any atom is -0.480 e. The highest BCUT2D eigenvalue weighted by Gasteiger charge is 2.28. The van der Waals surface area contributed by atoms with Crippen molar-refractivity contribution < 1.29 is 34.5 Å². The molecule has 10 heteroatoms. The number of unbranched alkanes of at least 4 members (excludes halogenated alkanes) is 1. The number of nitrogens with zero attached hydrogens (tertiary/aromatic N) is 1. The van der Waals surface area contributed by atoms with Crippen LogP contribution in [0.1, 0.15) is 67.4 Å². The second-order valence-electron chi connectivity index (χ2n) is 10.4. The highest BCUT2D eigenvalue weighted by molar-refractivity contribution is 5.98. The van der Waals surface area contributed by atoms with Crippen molar-refractivity contribution >= 4 is 23.8 Å². The Labute approximate surface area is 235 Å². The van der Waals surface area contributed by atoms with Crippen molar-refractivity contribution in [2.75, 3.05) is 6.54 Å². The van der Waals surface area contributed by atoms with Crippen LogP contribution in [-0.2, 0) is 27.3 Å². The number of carbonyl (C=O) groups is 4. The Morgan fingerprint density at radius 1 is 0.875 bits per heavy atom. The maximum Gasteiger partial charge on any atom is 0.320 e.